The Labute approximate surface area is 136 Å². The Morgan fingerprint density at radius 3 is 1.21 bits per heavy atom. The summed E-state index contributed by atoms with van der Waals surface area (Å²) >= 11 is 0. The Balaban J connectivity index is 2.18. The number of fused-ring (bicyclic) bond motifs is 5. The molecular weight excluding hydrogens is 304 g/mol. The fourth-order valence-electron chi connectivity index (χ4n) is 3.31. The second-order valence-electron chi connectivity index (χ2n) is 5.64. The van der Waals surface area contributed by atoms with Crippen LogP contribution in [0.2, 0.25) is 0 Å². The zero-order chi connectivity index (χ0) is 16.8. The topological polar surface area (TPSA) is 74.6 Å². The normalized spacial score (nSPS) is 11.2. The zero-order valence-corrected chi connectivity index (χ0v) is 12.5. The van der Waals surface area contributed by atoms with Crippen molar-refractivity contribution in [1.82, 2.24) is 0 Å². The summed E-state index contributed by atoms with van der Waals surface area (Å²) in [5.41, 5.74) is 0.516. The molecule has 0 saturated heterocycles. The molecule has 0 saturated carbocycles. The lowest BCUT2D eigenvalue weighted by molar-refractivity contribution is 0.0688. The van der Waals surface area contributed by atoms with Gasteiger partial charge in [-0.25, -0.2) is 9.59 Å². The molecule has 4 nitrogen and oxygen atoms in total. The van der Waals surface area contributed by atoms with Gasteiger partial charge in [0.15, 0.2) is 0 Å². The van der Waals surface area contributed by atoms with Crippen molar-refractivity contribution in [2.75, 3.05) is 0 Å². The third-order valence-corrected chi connectivity index (χ3v) is 4.38. The van der Waals surface area contributed by atoms with E-state index < -0.39 is 11.9 Å². The molecule has 0 atom stereocenters. The van der Waals surface area contributed by atoms with Gasteiger partial charge in [0.05, 0.1) is 11.1 Å². The molecule has 0 unspecified atom stereocenters. The summed E-state index contributed by atoms with van der Waals surface area (Å²) in [7, 11) is 0. The average Bonchev–Trinajstić information content (AvgIpc) is 2.59. The predicted molar refractivity (Wildman–Crippen MR) is 92.9 cm³/mol. The highest BCUT2D eigenvalue weighted by molar-refractivity contribution is 6.21. The molecule has 0 radical (unpaired) electrons. The number of carboxylic acid groups (broad SMARTS) is 2. The van der Waals surface area contributed by atoms with E-state index in [2.05, 4.69) is 0 Å². The van der Waals surface area contributed by atoms with Crippen LogP contribution >= 0.6 is 0 Å². The second-order valence-corrected chi connectivity index (χ2v) is 5.64. The maximum absolute atomic E-state index is 11.4. The van der Waals surface area contributed by atoms with Gasteiger partial charge in [-0.3, -0.25) is 0 Å². The molecule has 24 heavy (non-hydrogen) atoms. The minimum atomic E-state index is -0.964. The van der Waals surface area contributed by atoms with Crippen LogP contribution in [-0.4, -0.2) is 22.2 Å². The number of benzene rings is 4. The first-order valence-corrected chi connectivity index (χ1v) is 7.41. The van der Waals surface area contributed by atoms with Crippen LogP contribution in [0.3, 0.4) is 0 Å². The van der Waals surface area contributed by atoms with Crippen LogP contribution in [0.25, 0.3) is 32.3 Å². The quantitative estimate of drug-likeness (QED) is 0.532. The van der Waals surface area contributed by atoms with Crippen LogP contribution in [0, 0.1) is 0 Å². The monoisotopic (exact) mass is 316 g/mol. The van der Waals surface area contributed by atoms with E-state index in [0.29, 0.717) is 10.8 Å². The van der Waals surface area contributed by atoms with E-state index in [-0.39, 0.29) is 11.1 Å². The third kappa shape index (κ3) is 1.93. The van der Waals surface area contributed by atoms with Crippen molar-refractivity contribution in [3.8, 4) is 0 Å². The maximum atomic E-state index is 11.4. The molecule has 0 aliphatic heterocycles. The van der Waals surface area contributed by atoms with Crippen LogP contribution < -0.4 is 0 Å². The summed E-state index contributed by atoms with van der Waals surface area (Å²) in [6.45, 7) is 0. The van der Waals surface area contributed by atoms with Crippen LogP contribution in [0.4, 0.5) is 0 Å². The molecule has 116 valence electrons. The van der Waals surface area contributed by atoms with Gasteiger partial charge in [-0.15, -0.1) is 0 Å². The molecule has 0 aromatic heterocycles. The van der Waals surface area contributed by atoms with Crippen molar-refractivity contribution in [3.63, 3.8) is 0 Å². The van der Waals surface area contributed by atoms with Crippen LogP contribution in [0.5, 0.6) is 0 Å². The average molecular weight is 316 g/mol. The van der Waals surface area contributed by atoms with Crippen molar-refractivity contribution in [2.24, 2.45) is 0 Å². The van der Waals surface area contributed by atoms with Crippen molar-refractivity contribution in [3.05, 3.63) is 71.8 Å². The van der Waals surface area contributed by atoms with E-state index in [1.54, 1.807) is 36.4 Å². The SMILES string of the molecule is O=C(O)c1cccc2c1ccc1c3cccc(C(=O)O)c3ccc21. The minimum absolute atomic E-state index is 0.258. The summed E-state index contributed by atoms with van der Waals surface area (Å²) < 4.78 is 0. The predicted octanol–water partition coefficient (Wildman–Crippen LogP) is 4.54. The van der Waals surface area contributed by atoms with Crippen LogP contribution in [-0.2, 0) is 0 Å². The molecule has 4 aromatic rings. The Morgan fingerprint density at radius 1 is 0.500 bits per heavy atom. The first-order chi connectivity index (χ1) is 11.6. The largest absolute Gasteiger partial charge is 0.478 e. The van der Waals surface area contributed by atoms with Gasteiger partial charge in [0.2, 0.25) is 0 Å². The number of carbonyl (C=O) groups is 2. The Morgan fingerprint density at radius 2 is 0.833 bits per heavy atom. The number of carboxylic acids is 2. The van der Waals surface area contributed by atoms with Crippen molar-refractivity contribution in [1.29, 1.82) is 0 Å². The van der Waals surface area contributed by atoms with E-state index >= 15 is 0 Å². The Kier molecular flexibility index (Phi) is 3.00. The van der Waals surface area contributed by atoms with Gasteiger partial charge in [-0.2, -0.15) is 0 Å². The molecule has 0 heterocycles. The van der Waals surface area contributed by atoms with Crippen molar-refractivity contribution >= 4 is 44.3 Å². The molecule has 0 spiro atoms. The molecule has 0 fully saturated rings. The standard InChI is InChI=1S/C20H12O4/c21-19(22)17-5-1-3-11-13-7-10-16-12(14(13)8-9-15(11)17)4-2-6-18(16)20(23)24/h1-10H,(H,21,22)(H,23,24). The van der Waals surface area contributed by atoms with Gasteiger partial charge >= 0.3 is 11.9 Å². The molecule has 4 heteroatoms. The Hall–Kier alpha value is -3.40. The van der Waals surface area contributed by atoms with Gasteiger partial charge in [0, 0.05) is 0 Å². The molecular formula is C20H12O4. The minimum Gasteiger partial charge on any atom is -0.478 e. The summed E-state index contributed by atoms with van der Waals surface area (Å²) in [4.78, 5) is 22.8. The molecule has 0 amide bonds. The number of hydrogen-bond acceptors (Lipinski definition) is 2. The Bertz CT molecular complexity index is 1070. The van der Waals surface area contributed by atoms with E-state index in [0.717, 1.165) is 21.5 Å². The zero-order valence-electron chi connectivity index (χ0n) is 12.5. The van der Waals surface area contributed by atoms with Gasteiger partial charge in [-0.05, 0) is 44.5 Å². The maximum Gasteiger partial charge on any atom is 0.336 e. The van der Waals surface area contributed by atoms with Gasteiger partial charge in [-0.1, -0.05) is 48.5 Å². The summed E-state index contributed by atoms with van der Waals surface area (Å²) in [6.07, 6.45) is 0. The fraction of sp³-hybridized carbons (Fsp3) is 0. The summed E-state index contributed by atoms with van der Waals surface area (Å²) in [5.74, 6) is -1.93. The van der Waals surface area contributed by atoms with E-state index in [4.69, 9.17) is 0 Å². The highest BCUT2D eigenvalue weighted by Gasteiger charge is 2.13. The number of aromatic carboxylic acids is 2. The number of hydrogen-bond donors (Lipinski definition) is 2. The van der Waals surface area contributed by atoms with E-state index in [1.165, 1.54) is 0 Å². The number of rotatable bonds is 2. The first kappa shape index (κ1) is 14.2. The van der Waals surface area contributed by atoms with Crippen LogP contribution in [0.1, 0.15) is 20.7 Å². The van der Waals surface area contributed by atoms with Gasteiger partial charge in [0.25, 0.3) is 0 Å². The summed E-state index contributed by atoms with van der Waals surface area (Å²) in [5, 5.41) is 23.6. The smallest absolute Gasteiger partial charge is 0.336 e. The van der Waals surface area contributed by atoms with E-state index in [9.17, 15) is 19.8 Å². The van der Waals surface area contributed by atoms with Gasteiger partial charge < -0.3 is 10.2 Å². The molecule has 0 aliphatic carbocycles. The lowest BCUT2D eigenvalue weighted by atomic mass is 9.93. The van der Waals surface area contributed by atoms with Gasteiger partial charge in [0.1, 0.15) is 0 Å². The second kappa shape index (κ2) is 5.06. The molecule has 0 bridgehead atoms. The first-order valence-electron chi connectivity index (χ1n) is 7.41. The van der Waals surface area contributed by atoms with Crippen molar-refractivity contribution in [2.45, 2.75) is 0 Å². The molecule has 4 aromatic carbocycles. The highest BCUT2D eigenvalue weighted by atomic mass is 16.4. The molecule has 2 N–H and O–H groups in total. The highest BCUT2D eigenvalue weighted by Crippen LogP contribution is 2.33. The fourth-order valence-corrected chi connectivity index (χ4v) is 3.31. The molecule has 0 aliphatic rings. The third-order valence-electron chi connectivity index (χ3n) is 4.38. The van der Waals surface area contributed by atoms with Crippen molar-refractivity contribution < 1.29 is 19.8 Å². The van der Waals surface area contributed by atoms with E-state index in [1.807, 2.05) is 24.3 Å². The summed E-state index contributed by atoms with van der Waals surface area (Å²) in [6, 6.07) is 17.7. The molecule has 4 rings (SSSR count). The lowest BCUT2D eigenvalue weighted by Gasteiger charge is -2.10. The van der Waals surface area contributed by atoms with Crippen LogP contribution in [0.15, 0.2) is 60.7 Å². The lowest BCUT2D eigenvalue weighted by Crippen LogP contribution is -1.98.